The van der Waals surface area contributed by atoms with Crippen molar-refractivity contribution in [3.05, 3.63) is 30.0 Å². The van der Waals surface area contributed by atoms with Crippen molar-refractivity contribution < 1.29 is 22.6 Å². The molecule has 7 nitrogen and oxygen atoms in total. The minimum atomic E-state index is -4.53. The van der Waals surface area contributed by atoms with Crippen LogP contribution >= 0.6 is 0 Å². The second kappa shape index (κ2) is 7.34. The maximum atomic E-state index is 13.4. The van der Waals surface area contributed by atoms with Gasteiger partial charge in [0.2, 0.25) is 5.95 Å². The van der Waals surface area contributed by atoms with Gasteiger partial charge in [-0.15, -0.1) is 0 Å². The molecule has 3 N–H and O–H groups in total. The summed E-state index contributed by atoms with van der Waals surface area (Å²) >= 11 is 0. The van der Waals surface area contributed by atoms with Gasteiger partial charge in [-0.2, -0.15) is 23.1 Å². The topological polar surface area (TPSA) is 84.1 Å². The van der Waals surface area contributed by atoms with Crippen molar-refractivity contribution in [1.82, 2.24) is 15.0 Å². The normalized spacial score (nSPS) is 14.7. The summed E-state index contributed by atoms with van der Waals surface area (Å²) in [6.45, 7) is 4.60. The van der Waals surface area contributed by atoms with Crippen LogP contribution in [0.15, 0.2) is 18.3 Å². The molecular formula is C19H19F3N5O2. The molecule has 4 rings (SSSR count). The van der Waals surface area contributed by atoms with Gasteiger partial charge in [0.25, 0.3) is 0 Å². The fourth-order valence-corrected chi connectivity index (χ4v) is 2.97. The summed E-state index contributed by atoms with van der Waals surface area (Å²) in [7, 11) is 0. The molecule has 1 aromatic carbocycles. The van der Waals surface area contributed by atoms with E-state index in [1.54, 1.807) is 12.1 Å². The summed E-state index contributed by atoms with van der Waals surface area (Å²) in [5.74, 6) is 1.15. The number of H-pyrrole nitrogens is 1. The molecular weight excluding hydrogens is 387 g/mol. The van der Waals surface area contributed by atoms with Crippen LogP contribution in [-0.2, 0) is 6.18 Å². The average Bonchev–Trinajstić information content (AvgIpc) is 3.13. The quantitative estimate of drug-likeness (QED) is 0.579. The molecule has 1 atom stereocenters. The van der Waals surface area contributed by atoms with Crippen LogP contribution in [0.5, 0.6) is 11.5 Å². The molecule has 0 saturated heterocycles. The van der Waals surface area contributed by atoms with E-state index in [9.17, 15) is 13.2 Å². The van der Waals surface area contributed by atoms with Crippen LogP contribution in [-0.4, -0.2) is 34.2 Å². The first-order valence-electron chi connectivity index (χ1n) is 9.17. The molecule has 0 saturated carbocycles. The Morgan fingerprint density at radius 3 is 2.83 bits per heavy atom. The second-order valence-electron chi connectivity index (χ2n) is 6.64. The number of aromatic nitrogens is 3. The van der Waals surface area contributed by atoms with Gasteiger partial charge in [-0.1, -0.05) is 6.92 Å². The third-order valence-corrected chi connectivity index (χ3v) is 4.57. The average molecular weight is 406 g/mol. The van der Waals surface area contributed by atoms with Crippen molar-refractivity contribution >= 4 is 28.5 Å². The van der Waals surface area contributed by atoms with Crippen LogP contribution < -0.4 is 20.1 Å². The number of ether oxygens (including phenoxy) is 2. The molecule has 0 spiro atoms. The lowest BCUT2D eigenvalue weighted by Gasteiger charge is -2.21. The third-order valence-electron chi connectivity index (χ3n) is 4.57. The van der Waals surface area contributed by atoms with E-state index in [0.29, 0.717) is 36.8 Å². The Morgan fingerprint density at radius 1 is 1.28 bits per heavy atom. The number of benzene rings is 1. The van der Waals surface area contributed by atoms with Gasteiger partial charge in [0, 0.05) is 18.3 Å². The Kier molecular flexibility index (Phi) is 4.85. The Balaban J connectivity index is 1.78. The number of nitrogens with one attached hydrogen (secondary N) is 3. The first-order valence-corrected chi connectivity index (χ1v) is 9.17. The molecule has 0 unspecified atom stereocenters. The van der Waals surface area contributed by atoms with Crippen molar-refractivity contribution in [3.63, 3.8) is 0 Å². The molecule has 153 valence electrons. The lowest BCUT2D eigenvalue weighted by atomic mass is 10.2. The number of nitrogens with zero attached hydrogens (tertiary/aromatic N) is 2. The number of rotatable bonds is 5. The zero-order valence-electron chi connectivity index (χ0n) is 15.8. The predicted octanol–water partition coefficient (Wildman–Crippen LogP) is 4.50. The standard InChI is InChI=1S/C19H19F3N5O2/c1-3-10(2)24-17-14-11(19(20,21)22)9-23-16(14)26-18(27-17)25-12-5-4-6-13-15(12)29-8-7-28-13/h4-5,9-10H,3,7-8H2,1-2H3,(H3,23,24,25,26,27)/t10-/m1/s1. The summed E-state index contributed by atoms with van der Waals surface area (Å²) in [5, 5.41) is 5.97. The first-order chi connectivity index (χ1) is 13.9. The SMILES string of the molecule is CC[C@@H](C)Nc1nc(Nc2cc[c]c3c2OCCO3)nc2[nH]cc(C(F)(F)F)c12. The number of hydrogen-bond donors (Lipinski definition) is 3. The highest BCUT2D eigenvalue weighted by atomic mass is 19.4. The lowest BCUT2D eigenvalue weighted by Crippen LogP contribution is -2.17. The van der Waals surface area contributed by atoms with Crippen molar-refractivity contribution in [2.45, 2.75) is 32.5 Å². The largest absolute Gasteiger partial charge is 0.485 e. The Labute approximate surface area is 164 Å². The monoisotopic (exact) mass is 406 g/mol. The molecule has 0 bridgehead atoms. The van der Waals surface area contributed by atoms with Gasteiger partial charge in [0.15, 0.2) is 11.5 Å². The molecule has 0 amide bonds. The van der Waals surface area contributed by atoms with E-state index in [-0.39, 0.29) is 28.8 Å². The molecule has 3 heterocycles. The van der Waals surface area contributed by atoms with Crippen molar-refractivity contribution in [1.29, 1.82) is 0 Å². The van der Waals surface area contributed by atoms with E-state index in [0.717, 1.165) is 6.20 Å². The van der Waals surface area contributed by atoms with Gasteiger partial charge in [-0.3, -0.25) is 0 Å². The molecule has 3 aromatic rings. The fraction of sp³-hybridized carbons (Fsp3) is 0.368. The maximum Gasteiger partial charge on any atom is 0.418 e. The van der Waals surface area contributed by atoms with Crippen LogP contribution in [0, 0.1) is 6.07 Å². The Hall–Kier alpha value is -3.17. The number of aromatic amines is 1. The molecule has 29 heavy (non-hydrogen) atoms. The summed E-state index contributed by atoms with van der Waals surface area (Å²) < 4.78 is 51.4. The van der Waals surface area contributed by atoms with E-state index in [4.69, 9.17) is 9.47 Å². The van der Waals surface area contributed by atoms with Crippen molar-refractivity contribution in [2.75, 3.05) is 23.8 Å². The van der Waals surface area contributed by atoms with Gasteiger partial charge >= 0.3 is 6.18 Å². The number of alkyl halides is 3. The number of hydrogen-bond acceptors (Lipinski definition) is 6. The van der Waals surface area contributed by atoms with E-state index in [2.05, 4.69) is 31.7 Å². The molecule has 10 heteroatoms. The lowest BCUT2D eigenvalue weighted by molar-refractivity contribution is -0.136. The minimum Gasteiger partial charge on any atom is -0.485 e. The van der Waals surface area contributed by atoms with Gasteiger partial charge in [0.1, 0.15) is 24.7 Å². The number of anilines is 3. The molecule has 2 aromatic heterocycles. The van der Waals surface area contributed by atoms with Crippen LogP contribution in [0.4, 0.5) is 30.6 Å². The highest BCUT2D eigenvalue weighted by Crippen LogP contribution is 2.40. The van der Waals surface area contributed by atoms with E-state index in [1.165, 1.54) is 0 Å². The van der Waals surface area contributed by atoms with E-state index in [1.807, 2.05) is 13.8 Å². The number of halogens is 3. The summed E-state index contributed by atoms with van der Waals surface area (Å²) in [5.41, 5.74) is -0.197. The summed E-state index contributed by atoms with van der Waals surface area (Å²) in [6.07, 6.45) is -2.91. The highest BCUT2D eigenvalue weighted by Gasteiger charge is 2.35. The molecule has 1 radical (unpaired) electrons. The molecule has 1 aliphatic rings. The highest BCUT2D eigenvalue weighted by molar-refractivity contribution is 5.92. The predicted molar refractivity (Wildman–Crippen MR) is 102 cm³/mol. The van der Waals surface area contributed by atoms with Crippen LogP contribution in [0.1, 0.15) is 25.8 Å². The Bertz CT molecular complexity index is 1030. The van der Waals surface area contributed by atoms with Crippen LogP contribution in [0.3, 0.4) is 0 Å². The van der Waals surface area contributed by atoms with Crippen LogP contribution in [0.25, 0.3) is 11.0 Å². The van der Waals surface area contributed by atoms with Gasteiger partial charge in [-0.25, -0.2) is 0 Å². The molecule has 0 fully saturated rings. The molecule has 1 aliphatic heterocycles. The zero-order valence-corrected chi connectivity index (χ0v) is 15.8. The van der Waals surface area contributed by atoms with Crippen LogP contribution in [0.2, 0.25) is 0 Å². The van der Waals surface area contributed by atoms with Gasteiger partial charge in [0.05, 0.1) is 16.6 Å². The van der Waals surface area contributed by atoms with Gasteiger partial charge < -0.3 is 25.1 Å². The van der Waals surface area contributed by atoms with E-state index < -0.39 is 11.7 Å². The number of fused-ring (bicyclic) bond motifs is 2. The van der Waals surface area contributed by atoms with Crippen molar-refractivity contribution in [3.8, 4) is 11.5 Å². The second-order valence-corrected chi connectivity index (χ2v) is 6.64. The fourth-order valence-electron chi connectivity index (χ4n) is 2.97. The third kappa shape index (κ3) is 3.74. The Morgan fingerprint density at radius 2 is 2.07 bits per heavy atom. The smallest absolute Gasteiger partial charge is 0.418 e. The van der Waals surface area contributed by atoms with Gasteiger partial charge in [-0.05, 0) is 25.5 Å². The van der Waals surface area contributed by atoms with Crippen molar-refractivity contribution in [2.24, 2.45) is 0 Å². The minimum absolute atomic E-state index is 0.0762. The maximum absolute atomic E-state index is 13.4. The zero-order chi connectivity index (χ0) is 20.6. The molecule has 0 aliphatic carbocycles. The first kappa shape index (κ1) is 19.2. The summed E-state index contributed by atoms with van der Waals surface area (Å²) in [4.78, 5) is 11.1. The summed E-state index contributed by atoms with van der Waals surface area (Å²) in [6, 6.07) is 6.22. The van der Waals surface area contributed by atoms with E-state index >= 15 is 0 Å².